The Kier molecular flexibility index (Phi) is 20.2. The summed E-state index contributed by atoms with van der Waals surface area (Å²) in [5.41, 5.74) is 5.84. The highest BCUT2D eigenvalue weighted by molar-refractivity contribution is 7.47. The molecular formula is C41H65F2N4O9P. The number of rotatable bonds is 30. The molecule has 0 amide bonds. The van der Waals surface area contributed by atoms with Crippen LogP contribution in [0.15, 0.2) is 42.7 Å². The Balaban J connectivity index is 1.17. The largest absolute Gasteiger partial charge is 0.472 e. The summed E-state index contributed by atoms with van der Waals surface area (Å²) in [7, 11) is -4.72. The second kappa shape index (κ2) is 24.5. The summed E-state index contributed by atoms with van der Waals surface area (Å²) in [5.74, 6) is 0.212. The van der Waals surface area contributed by atoms with E-state index >= 15 is 0 Å². The van der Waals surface area contributed by atoms with Gasteiger partial charge >= 0.3 is 7.82 Å². The van der Waals surface area contributed by atoms with Crippen LogP contribution in [-0.4, -0.2) is 80.5 Å². The molecule has 0 spiro atoms. The minimum absolute atomic E-state index is 0.0279. The third-order valence-electron chi connectivity index (χ3n) is 10.6. The number of phosphoric acid groups is 1. The fraction of sp³-hybridized carbons (Fsp3) is 0.707. The topological polar surface area (TPSA) is 180 Å². The number of aromatic nitrogens is 3. The van der Waals surface area contributed by atoms with Crippen molar-refractivity contribution in [2.24, 2.45) is 0 Å². The third kappa shape index (κ3) is 15.2. The molecule has 1 saturated heterocycles. The molecule has 6 atom stereocenters. The van der Waals surface area contributed by atoms with Crippen LogP contribution < -0.4 is 5.73 Å². The number of anilines is 1. The first-order valence-electron chi connectivity index (χ1n) is 20.8. The molecule has 0 bridgehead atoms. The summed E-state index contributed by atoms with van der Waals surface area (Å²) in [5, 5.41) is 26.0. The Morgan fingerprint density at radius 3 is 2.07 bits per heavy atom. The van der Waals surface area contributed by atoms with E-state index in [1.165, 1.54) is 119 Å². The molecule has 16 heteroatoms. The predicted octanol–water partition coefficient (Wildman–Crippen LogP) is 8.58. The maximum Gasteiger partial charge on any atom is 0.472 e. The summed E-state index contributed by atoms with van der Waals surface area (Å²) in [4.78, 5) is 14.5. The van der Waals surface area contributed by atoms with E-state index < -0.39 is 50.9 Å². The fourth-order valence-corrected chi connectivity index (χ4v) is 7.89. The number of benzene rings is 1. The Morgan fingerprint density at radius 2 is 1.47 bits per heavy atom. The lowest BCUT2D eigenvalue weighted by Gasteiger charge is -2.27. The summed E-state index contributed by atoms with van der Waals surface area (Å²) in [6.07, 6.45) is 14.0. The number of fused-ring (bicyclic) bond motifs is 1. The lowest BCUT2D eigenvalue weighted by molar-refractivity contribution is -0.0901. The SMILES string of the molecule is CCCCCCCCCCCCCCCCCCOC[C@H](COP(=O)(O)OC[C@H]1O[C@@](C)(c2ccc3c(N)ncnn23)[C@H](O)[C@@H]1O)OCc1ccc(C(F)F)cc1. The highest BCUT2D eigenvalue weighted by Crippen LogP contribution is 2.46. The molecule has 1 aliphatic rings. The number of phosphoric ester groups is 1. The number of halogens is 2. The Labute approximate surface area is 336 Å². The summed E-state index contributed by atoms with van der Waals surface area (Å²) >= 11 is 0. The number of hydrogen-bond acceptors (Lipinski definition) is 11. The monoisotopic (exact) mass is 826 g/mol. The van der Waals surface area contributed by atoms with E-state index in [0.29, 0.717) is 23.4 Å². The van der Waals surface area contributed by atoms with Gasteiger partial charge in [-0.25, -0.2) is 22.8 Å². The number of nitrogens with two attached hydrogens (primary N) is 1. The van der Waals surface area contributed by atoms with Gasteiger partial charge in [-0.15, -0.1) is 0 Å². The first-order chi connectivity index (χ1) is 27.4. The standard InChI is InChI=1S/C41H65F2N4O9P/c1-3-4-5-6-7-8-9-10-11-12-13-14-15-16-17-18-25-52-27-33(53-26-31-19-21-32(22-20-31)39(42)43)28-54-57(50,51)55-29-35-37(48)38(49)41(2,56-35)36-24-23-34-40(44)45-30-46-47(34)36/h19-24,30,33,35,37-39,48-49H,3-18,25-29H2,1-2H3,(H,50,51)(H2,44,45,46)/t33-,35-,37-,38-,41+/m1/s1. The average Bonchev–Trinajstić information content (AvgIpc) is 3.74. The van der Waals surface area contributed by atoms with Crippen molar-refractivity contribution in [3.8, 4) is 0 Å². The van der Waals surface area contributed by atoms with Crippen LogP contribution in [-0.2, 0) is 40.0 Å². The predicted molar refractivity (Wildman–Crippen MR) is 214 cm³/mol. The smallest absolute Gasteiger partial charge is 0.387 e. The van der Waals surface area contributed by atoms with Gasteiger partial charge in [-0.1, -0.05) is 128 Å². The van der Waals surface area contributed by atoms with Crippen molar-refractivity contribution in [3.63, 3.8) is 0 Å². The van der Waals surface area contributed by atoms with Crippen molar-refractivity contribution < 1.29 is 51.7 Å². The number of ether oxygens (including phenoxy) is 3. The second-order valence-corrected chi connectivity index (χ2v) is 16.7. The highest BCUT2D eigenvalue weighted by atomic mass is 31.2. The molecule has 0 aliphatic carbocycles. The van der Waals surface area contributed by atoms with E-state index in [0.717, 1.165) is 19.3 Å². The third-order valence-corrected chi connectivity index (χ3v) is 11.6. The summed E-state index contributed by atoms with van der Waals surface area (Å²) in [6, 6.07) is 8.99. The maximum absolute atomic E-state index is 13.0. The lowest BCUT2D eigenvalue weighted by atomic mass is 9.93. The zero-order chi connectivity index (χ0) is 41.1. The van der Waals surface area contributed by atoms with Crippen LogP contribution in [0.25, 0.3) is 5.52 Å². The average molecular weight is 827 g/mol. The number of aliphatic hydroxyl groups is 2. The molecule has 1 fully saturated rings. The van der Waals surface area contributed by atoms with Crippen molar-refractivity contribution in [2.75, 3.05) is 32.2 Å². The molecular weight excluding hydrogens is 761 g/mol. The maximum atomic E-state index is 13.0. The Bertz CT molecular complexity index is 1620. The van der Waals surface area contributed by atoms with Crippen LogP contribution in [0.1, 0.15) is 140 Å². The van der Waals surface area contributed by atoms with Crippen LogP contribution in [0.2, 0.25) is 0 Å². The van der Waals surface area contributed by atoms with Gasteiger partial charge < -0.3 is 35.1 Å². The normalized spacial score (nSPS) is 21.4. The van der Waals surface area contributed by atoms with Crippen LogP contribution in [0.3, 0.4) is 0 Å². The van der Waals surface area contributed by atoms with Gasteiger partial charge in [0.25, 0.3) is 6.43 Å². The number of unbranched alkanes of at least 4 members (excludes halogenated alkanes) is 15. The van der Waals surface area contributed by atoms with E-state index in [1.807, 2.05) is 0 Å². The molecule has 4 rings (SSSR count). The zero-order valence-corrected chi connectivity index (χ0v) is 34.6. The first kappa shape index (κ1) is 47.1. The fourth-order valence-electron chi connectivity index (χ4n) is 7.12. The second-order valence-electron chi connectivity index (χ2n) is 15.3. The van der Waals surface area contributed by atoms with Crippen molar-refractivity contribution in [1.82, 2.24) is 14.6 Å². The number of hydrogen-bond donors (Lipinski definition) is 4. The molecule has 1 aromatic carbocycles. The molecule has 2 aromatic heterocycles. The van der Waals surface area contributed by atoms with Gasteiger partial charge in [-0.3, -0.25) is 9.05 Å². The molecule has 57 heavy (non-hydrogen) atoms. The van der Waals surface area contributed by atoms with Crippen LogP contribution in [0.5, 0.6) is 0 Å². The van der Waals surface area contributed by atoms with Gasteiger partial charge in [-0.2, -0.15) is 5.10 Å². The van der Waals surface area contributed by atoms with Gasteiger partial charge in [-0.05, 0) is 31.0 Å². The molecule has 1 aliphatic heterocycles. The van der Waals surface area contributed by atoms with E-state index in [4.69, 9.17) is 29.0 Å². The van der Waals surface area contributed by atoms with E-state index in [1.54, 1.807) is 19.1 Å². The number of nitrogens with zero attached hydrogens (tertiary/aromatic N) is 3. The molecule has 3 aromatic rings. The number of alkyl halides is 2. The highest BCUT2D eigenvalue weighted by Gasteiger charge is 2.54. The van der Waals surface area contributed by atoms with Gasteiger partial charge in [0.05, 0.1) is 32.1 Å². The van der Waals surface area contributed by atoms with E-state index in [2.05, 4.69) is 17.0 Å². The van der Waals surface area contributed by atoms with Gasteiger partial charge in [0.2, 0.25) is 0 Å². The number of aliphatic hydroxyl groups excluding tert-OH is 2. The first-order valence-corrected chi connectivity index (χ1v) is 22.3. The van der Waals surface area contributed by atoms with Gasteiger partial charge in [0.15, 0.2) is 5.82 Å². The minimum Gasteiger partial charge on any atom is -0.387 e. The number of nitrogen functional groups attached to an aromatic ring is 1. The summed E-state index contributed by atoms with van der Waals surface area (Å²) in [6.45, 7) is 3.40. The zero-order valence-electron chi connectivity index (χ0n) is 33.7. The van der Waals surface area contributed by atoms with Crippen molar-refractivity contribution >= 4 is 19.2 Å². The van der Waals surface area contributed by atoms with E-state index in [9.17, 15) is 28.5 Å². The molecule has 3 heterocycles. The van der Waals surface area contributed by atoms with Gasteiger partial charge in [0.1, 0.15) is 41.9 Å². The van der Waals surface area contributed by atoms with Crippen LogP contribution >= 0.6 is 7.82 Å². The molecule has 0 saturated carbocycles. The minimum atomic E-state index is -4.72. The molecule has 1 unspecified atom stereocenters. The molecule has 322 valence electrons. The molecule has 13 nitrogen and oxygen atoms in total. The molecule has 5 N–H and O–H groups in total. The van der Waals surface area contributed by atoms with Gasteiger partial charge in [0, 0.05) is 12.2 Å². The Hall–Kier alpha value is -2.59. The molecule has 0 radical (unpaired) electrons. The van der Waals surface area contributed by atoms with Crippen LogP contribution in [0.4, 0.5) is 14.6 Å². The van der Waals surface area contributed by atoms with Crippen molar-refractivity contribution in [3.05, 3.63) is 59.5 Å². The Morgan fingerprint density at radius 1 is 0.877 bits per heavy atom. The lowest BCUT2D eigenvalue weighted by Crippen LogP contribution is -2.39. The van der Waals surface area contributed by atoms with Crippen molar-refractivity contribution in [2.45, 2.75) is 160 Å². The quantitative estimate of drug-likeness (QED) is 0.0372. The van der Waals surface area contributed by atoms with E-state index in [-0.39, 0.29) is 31.2 Å². The van der Waals surface area contributed by atoms with Crippen LogP contribution in [0, 0.1) is 0 Å². The summed E-state index contributed by atoms with van der Waals surface area (Å²) < 4.78 is 68.8. The van der Waals surface area contributed by atoms with Crippen molar-refractivity contribution in [1.29, 1.82) is 0 Å².